The first kappa shape index (κ1) is 25.4. The van der Waals surface area contributed by atoms with Crippen LogP contribution in [-0.4, -0.2) is 34.0 Å². The highest BCUT2D eigenvalue weighted by Crippen LogP contribution is 2.17. The molecule has 0 amide bonds. The minimum Gasteiger partial charge on any atom is -0.379 e. The Morgan fingerprint density at radius 1 is 0.679 bits per heavy atom. The molecule has 162 valence electrons. The summed E-state index contributed by atoms with van der Waals surface area (Å²) in [6, 6.07) is 12.6. The van der Waals surface area contributed by atoms with Crippen LogP contribution in [0.3, 0.4) is 0 Å². The van der Waals surface area contributed by atoms with E-state index in [1.807, 2.05) is 0 Å². The highest BCUT2D eigenvalue weighted by Gasteiger charge is 2.21. The summed E-state index contributed by atoms with van der Waals surface area (Å²) < 4.78 is 11.1. The summed E-state index contributed by atoms with van der Waals surface area (Å²) in [6.45, 7) is 11.5. The predicted molar refractivity (Wildman–Crippen MR) is 126 cm³/mol. The molecule has 1 aromatic rings. The molecule has 28 heavy (non-hydrogen) atoms. The zero-order valence-electron chi connectivity index (χ0n) is 19.2. The van der Waals surface area contributed by atoms with Gasteiger partial charge in [-0.25, -0.2) is 0 Å². The van der Waals surface area contributed by atoms with Crippen molar-refractivity contribution in [2.45, 2.75) is 103 Å². The molecule has 0 aromatic heterocycles. The van der Waals surface area contributed by atoms with Gasteiger partial charge < -0.3 is 9.47 Å². The van der Waals surface area contributed by atoms with Gasteiger partial charge in [0.25, 0.3) is 0 Å². The third kappa shape index (κ3) is 13.5. The van der Waals surface area contributed by atoms with Gasteiger partial charge in [0, 0.05) is 6.61 Å². The summed E-state index contributed by atoms with van der Waals surface area (Å²) >= 11 is 0. The molecule has 0 aliphatic carbocycles. The van der Waals surface area contributed by atoms with Gasteiger partial charge in [0.05, 0.1) is 27.4 Å². The van der Waals surface area contributed by atoms with Crippen molar-refractivity contribution >= 4 is 13.3 Å². The molecule has 3 heteroatoms. The quantitative estimate of drug-likeness (QED) is 0.194. The Hall–Kier alpha value is -0.643. The fourth-order valence-corrected chi connectivity index (χ4v) is 6.18. The third-order valence-electron chi connectivity index (χ3n) is 5.57. The lowest BCUT2D eigenvalue weighted by molar-refractivity contribution is 0.0186. The van der Waals surface area contributed by atoms with E-state index in [4.69, 9.17) is 9.47 Å². The predicted octanol–water partition coefficient (Wildman–Crippen LogP) is 6.94. The van der Waals surface area contributed by atoms with Crippen LogP contribution in [-0.2, 0) is 9.47 Å². The van der Waals surface area contributed by atoms with Crippen LogP contribution >= 0.6 is 0 Å². The highest BCUT2D eigenvalue weighted by atomic mass is 28.3. The first-order chi connectivity index (χ1) is 13.5. The van der Waals surface area contributed by atoms with E-state index >= 15 is 0 Å². The molecule has 0 saturated heterocycles. The van der Waals surface area contributed by atoms with Crippen molar-refractivity contribution in [3.05, 3.63) is 30.3 Å². The molecule has 0 atom stereocenters. The van der Waals surface area contributed by atoms with E-state index in [0.29, 0.717) is 6.10 Å². The molecule has 0 heterocycles. The van der Waals surface area contributed by atoms with Crippen molar-refractivity contribution in [2.24, 2.45) is 0 Å². The van der Waals surface area contributed by atoms with Crippen molar-refractivity contribution in [1.29, 1.82) is 0 Å². The largest absolute Gasteiger partial charge is 0.379 e. The van der Waals surface area contributed by atoms with Gasteiger partial charge in [-0.1, -0.05) is 112 Å². The second-order valence-electron chi connectivity index (χ2n) is 9.07. The first-order valence-corrected chi connectivity index (χ1v) is 15.0. The lowest BCUT2D eigenvalue weighted by Crippen LogP contribution is -2.40. The van der Waals surface area contributed by atoms with Crippen molar-refractivity contribution in [3.8, 4) is 0 Å². The maximum Gasteiger partial charge on any atom is 0.0806 e. The smallest absolute Gasteiger partial charge is 0.0806 e. The standard InChI is InChI=1S/C25H46O2Si/c1-24(2)27-22-21-26-20-16-11-9-7-5-6-8-10-12-17-23-28(3,4)25-18-14-13-15-19-25/h13-15,18-19,24H,5-12,16-17,20-23H2,1-4H3. The molecular weight excluding hydrogens is 360 g/mol. The Balaban J connectivity index is 1.82. The van der Waals surface area contributed by atoms with Crippen LogP contribution < -0.4 is 5.19 Å². The van der Waals surface area contributed by atoms with Gasteiger partial charge in [0.1, 0.15) is 0 Å². The van der Waals surface area contributed by atoms with Crippen LogP contribution in [0.15, 0.2) is 30.3 Å². The number of hydrogen-bond donors (Lipinski definition) is 0. The number of benzene rings is 1. The van der Waals surface area contributed by atoms with Gasteiger partial charge in [-0.15, -0.1) is 0 Å². The van der Waals surface area contributed by atoms with E-state index in [1.165, 1.54) is 70.3 Å². The molecule has 0 bridgehead atoms. The molecule has 1 aromatic carbocycles. The zero-order chi connectivity index (χ0) is 20.5. The van der Waals surface area contributed by atoms with E-state index in [-0.39, 0.29) is 0 Å². The molecule has 0 aliphatic heterocycles. The fraction of sp³-hybridized carbons (Fsp3) is 0.760. The van der Waals surface area contributed by atoms with Crippen LogP contribution in [0.5, 0.6) is 0 Å². The summed E-state index contributed by atoms with van der Waals surface area (Å²) in [5, 5.41) is 1.62. The number of hydrogen-bond acceptors (Lipinski definition) is 2. The van der Waals surface area contributed by atoms with Crippen LogP contribution in [0.1, 0.15) is 78.1 Å². The number of unbranched alkanes of at least 4 members (excludes halogenated alkanes) is 9. The SMILES string of the molecule is CC(C)OCCOCCCCCCCCCCCC[Si](C)(C)c1ccccc1. The van der Waals surface area contributed by atoms with E-state index in [9.17, 15) is 0 Å². The molecule has 0 radical (unpaired) electrons. The average Bonchev–Trinajstić information content (AvgIpc) is 2.68. The Morgan fingerprint density at radius 2 is 1.21 bits per heavy atom. The third-order valence-corrected chi connectivity index (χ3v) is 9.07. The first-order valence-electron chi connectivity index (χ1n) is 11.8. The summed E-state index contributed by atoms with van der Waals surface area (Å²) in [5.74, 6) is 0. The van der Waals surface area contributed by atoms with Gasteiger partial charge in [0.15, 0.2) is 0 Å². The second-order valence-corrected chi connectivity index (χ2v) is 13.9. The van der Waals surface area contributed by atoms with Crippen molar-refractivity contribution in [3.63, 3.8) is 0 Å². The monoisotopic (exact) mass is 406 g/mol. The molecule has 0 saturated carbocycles. The lowest BCUT2D eigenvalue weighted by atomic mass is 10.1. The normalized spacial score (nSPS) is 12.0. The Labute approximate surface area is 176 Å². The number of ether oxygens (including phenoxy) is 2. The zero-order valence-corrected chi connectivity index (χ0v) is 20.2. The highest BCUT2D eigenvalue weighted by molar-refractivity contribution is 6.89. The topological polar surface area (TPSA) is 18.5 Å². The molecule has 0 aliphatic rings. The molecule has 1 rings (SSSR count). The van der Waals surface area contributed by atoms with Crippen molar-refractivity contribution < 1.29 is 9.47 Å². The van der Waals surface area contributed by atoms with Crippen LogP contribution in [0.25, 0.3) is 0 Å². The minimum absolute atomic E-state index is 0.312. The fourth-order valence-electron chi connectivity index (χ4n) is 3.66. The van der Waals surface area contributed by atoms with Gasteiger partial charge in [-0.2, -0.15) is 0 Å². The molecular formula is C25H46O2Si. The van der Waals surface area contributed by atoms with Crippen LogP contribution in [0, 0.1) is 0 Å². The van der Waals surface area contributed by atoms with Crippen molar-refractivity contribution in [2.75, 3.05) is 19.8 Å². The lowest BCUT2D eigenvalue weighted by Gasteiger charge is -2.22. The molecule has 2 nitrogen and oxygen atoms in total. The summed E-state index contributed by atoms with van der Waals surface area (Å²) in [4.78, 5) is 0. The maximum absolute atomic E-state index is 5.60. The van der Waals surface area contributed by atoms with Gasteiger partial charge in [-0.3, -0.25) is 0 Å². The summed E-state index contributed by atoms with van der Waals surface area (Å²) in [7, 11) is -1.21. The number of rotatable bonds is 18. The van der Waals surface area contributed by atoms with Gasteiger partial charge in [0.2, 0.25) is 0 Å². The molecule has 0 unspecified atom stereocenters. The Bertz CT molecular complexity index is 459. The molecule has 0 fully saturated rings. The van der Waals surface area contributed by atoms with E-state index < -0.39 is 8.07 Å². The van der Waals surface area contributed by atoms with E-state index in [1.54, 1.807) is 5.19 Å². The second kappa shape index (κ2) is 16.2. The molecule has 0 N–H and O–H groups in total. The maximum atomic E-state index is 5.60. The van der Waals surface area contributed by atoms with Gasteiger partial charge in [-0.05, 0) is 20.3 Å². The Kier molecular flexibility index (Phi) is 14.7. The van der Waals surface area contributed by atoms with Crippen LogP contribution in [0.2, 0.25) is 19.1 Å². The molecule has 0 spiro atoms. The minimum atomic E-state index is -1.21. The van der Waals surface area contributed by atoms with E-state index in [2.05, 4.69) is 57.3 Å². The Morgan fingerprint density at radius 3 is 1.79 bits per heavy atom. The summed E-state index contributed by atoms with van der Waals surface area (Å²) in [5.41, 5.74) is 0. The summed E-state index contributed by atoms with van der Waals surface area (Å²) in [6.07, 6.45) is 14.1. The van der Waals surface area contributed by atoms with Crippen molar-refractivity contribution in [1.82, 2.24) is 0 Å². The van der Waals surface area contributed by atoms with Gasteiger partial charge >= 0.3 is 0 Å². The average molecular weight is 407 g/mol. The van der Waals surface area contributed by atoms with E-state index in [0.717, 1.165) is 19.8 Å². The van der Waals surface area contributed by atoms with Crippen LogP contribution in [0.4, 0.5) is 0 Å².